The molecule has 0 aliphatic carbocycles. The van der Waals surface area contributed by atoms with Gasteiger partial charge in [-0.3, -0.25) is 4.99 Å². The number of para-hydroxylation sites is 1. The van der Waals surface area contributed by atoms with E-state index in [0.717, 1.165) is 22.6 Å². The highest BCUT2D eigenvalue weighted by Crippen LogP contribution is 2.26. The summed E-state index contributed by atoms with van der Waals surface area (Å²) in [4.78, 5) is 4.11. The van der Waals surface area contributed by atoms with Crippen LogP contribution in [0.5, 0.6) is 11.5 Å². The molecule has 0 amide bonds. The SMILES string of the molecule is CN=C(NCCS(C)(=O)=O)NCc1ccc(C)cc1Oc1ccccc1. The summed E-state index contributed by atoms with van der Waals surface area (Å²) in [7, 11) is -1.36. The molecule has 0 fully saturated rings. The van der Waals surface area contributed by atoms with Crippen LogP contribution in [0.15, 0.2) is 53.5 Å². The van der Waals surface area contributed by atoms with Gasteiger partial charge in [0.25, 0.3) is 0 Å². The summed E-state index contributed by atoms with van der Waals surface area (Å²) in [5, 5.41) is 6.18. The van der Waals surface area contributed by atoms with Gasteiger partial charge in [0.15, 0.2) is 5.96 Å². The Balaban J connectivity index is 2.02. The predicted molar refractivity (Wildman–Crippen MR) is 106 cm³/mol. The first kappa shape index (κ1) is 19.8. The number of ether oxygens (including phenoxy) is 1. The van der Waals surface area contributed by atoms with Crippen molar-refractivity contribution in [3.05, 3.63) is 59.7 Å². The lowest BCUT2D eigenvalue weighted by Gasteiger charge is -2.15. The fraction of sp³-hybridized carbons (Fsp3) is 0.316. The molecule has 0 aliphatic heterocycles. The monoisotopic (exact) mass is 375 g/mol. The van der Waals surface area contributed by atoms with Crippen LogP contribution in [0.2, 0.25) is 0 Å². The summed E-state index contributed by atoms with van der Waals surface area (Å²) in [6.45, 7) is 2.82. The third-order valence-corrected chi connectivity index (χ3v) is 4.57. The number of hydrogen-bond acceptors (Lipinski definition) is 4. The molecule has 7 heteroatoms. The topological polar surface area (TPSA) is 79.8 Å². The molecule has 0 bridgehead atoms. The summed E-state index contributed by atoms with van der Waals surface area (Å²) >= 11 is 0. The lowest BCUT2D eigenvalue weighted by molar-refractivity contribution is 0.475. The Morgan fingerprint density at radius 3 is 2.50 bits per heavy atom. The number of rotatable bonds is 7. The number of nitrogens with one attached hydrogen (secondary N) is 2. The fourth-order valence-electron chi connectivity index (χ4n) is 2.27. The van der Waals surface area contributed by atoms with Crippen LogP contribution in [0.3, 0.4) is 0 Å². The molecule has 0 aliphatic rings. The minimum absolute atomic E-state index is 0.0562. The van der Waals surface area contributed by atoms with Crippen LogP contribution < -0.4 is 15.4 Å². The first-order valence-electron chi connectivity index (χ1n) is 8.32. The van der Waals surface area contributed by atoms with Gasteiger partial charge in [0.05, 0.1) is 5.75 Å². The van der Waals surface area contributed by atoms with Gasteiger partial charge in [-0.15, -0.1) is 0 Å². The summed E-state index contributed by atoms with van der Waals surface area (Å²) in [5.74, 6) is 2.14. The smallest absolute Gasteiger partial charge is 0.191 e. The average Bonchev–Trinajstić information content (AvgIpc) is 2.59. The standard InChI is InChI=1S/C19H25N3O3S/c1-15-9-10-16(18(13-15)25-17-7-5-4-6-8-17)14-22-19(20-2)21-11-12-26(3,23)24/h4-10,13H,11-12,14H2,1-3H3,(H2,20,21,22). The first-order valence-corrected chi connectivity index (χ1v) is 10.4. The quantitative estimate of drug-likeness (QED) is 0.574. The maximum atomic E-state index is 11.2. The molecule has 0 unspecified atom stereocenters. The number of aliphatic imine (C=N–C) groups is 1. The molecule has 0 heterocycles. The number of benzene rings is 2. The normalized spacial score (nSPS) is 11.9. The summed E-state index contributed by atoms with van der Waals surface area (Å²) in [6, 6.07) is 15.6. The van der Waals surface area contributed by atoms with Gasteiger partial charge in [0, 0.05) is 32.0 Å². The van der Waals surface area contributed by atoms with E-state index in [-0.39, 0.29) is 5.75 Å². The van der Waals surface area contributed by atoms with Crippen molar-refractivity contribution in [3.8, 4) is 11.5 Å². The molecule has 0 spiro atoms. The molecular formula is C19H25N3O3S. The minimum Gasteiger partial charge on any atom is -0.457 e. The van der Waals surface area contributed by atoms with E-state index in [1.54, 1.807) is 7.05 Å². The maximum absolute atomic E-state index is 11.2. The minimum atomic E-state index is -3.01. The molecular weight excluding hydrogens is 350 g/mol. The number of aryl methyl sites for hydroxylation is 1. The Bertz CT molecular complexity index is 850. The third-order valence-electron chi connectivity index (χ3n) is 3.63. The predicted octanol–water partition coefficient (Wildman–Crippen LogP) is 2.50. The Morgan fingerprint density at radius 2 is 1.85 bits per heavy atom. The van der Waals surface area contributed by atoms with Crippen molar-refractivity contribution < 1.29 is 13.2 Å². The molecule has 140 valence electrons. The zero-order chi connectivity index (χ0) is 19.0. The van der Waals surface area contributed by atoms with Crippen LogP contribution in [0, 0.1) is 6.92 Å². The van der Waals surface area contributed by atoms with Gasteiger partial charge >= 0.3 is 0 Å². The van der Waals surface area contributed by atoms with E-state index in [0.29, 0.717) is 19.0 Å². The molecule has 0 saturated carbocycles. The molecule has 2 aromatic carbocycles. The van der Waals surface area contributed by atoms with Gasteiger partial charge in [0.1, 0.15) is 21.3 Å². The maximum Gasteiger partial charge on any atom is 0.191 e. The Kier molecular flexibility index (Phi) is 7.03. The second-order valence-electron chi connectivity index (χ2n) is 6.01. The molecule has 6 nitrogen and oxygen atoms in total. The van der Waals surface area contributed by atoms with Crippen molar-refractivity contribution in [2.24, 2.45) is 4.99 Å². The van der Waals surface area contributed by atoms with Gasteiger partial charge in [-0.1, -0.05) is 30.3 Å². The molecule has 2 N–H and O–H groups in total. The van der Waals surface area contributed by atoms with Crippen LogP contribution in [0.1, 0.15) is 11.1 Å². The first-order chi connectivity index (χ1) is 12.4. The average molecular weight is 375 g/mol. The Labute approximate surface area is 155 Å². The van der Waals surface area contributed by atoms with Crippen molar-refractivity contribution in [2.75, 3.05) is 25.6 Å². The van der Waals surface area contributed by atoms with Crippen LogP contribution in [-0.2, 0) is 16.4 Å². The number of hydrogen-bond donors (Lipinski definition) is 2. The van der Waals surface area contributed by atoms with E-state index in [2.05, 4.69) is 15.6 Å². The van der Waals surface area contributed by atoms with E-state index in [4.69, 9.17) is 4.74 Å². The van der Waals surface area contributed by atoms with Crippen LogP contribution in [0.4, 0.5) is 0 Å². The van der Waals surface area contributed by atoms with E-state index in [1.807, 2.05) is 55.5 Å². The van der Waals surface area contributed by atoms with Crippen molar-refractivity contribution >= 4 is 15.8 Å². The molecule has 2 aromatic rings. The van der Waals surface area contributed by atoms with Gasteiger partial charge in [-0.05, 0) is 30.7 Å². The Hall–Kier alpha value is -2.54. The van der Waals surface area contributed by atoms with E-state index in [1.165, 1.54) is 6.26 Å². The summed E-state index contributed by atoms with van der Waals surface area (Å²) in [5.41, 5.74) is 2.08. The van der Waals surface area contributed by atoms with Crippen molar-refractivity contribution in [1.29, 1.82) is 0 Å². The second kappa shape index (κ2) is 9.24. The molecule has 0 aromatic heterocycles. The zero-order valence-corrected chi connectivity index (χ0v) is 16.1. The van der Waals surface area contributed by atoms with E-state index in [9.17, 15) is 8.42 Å². The van der Waals surface area contributed by atoms with Crippen LogP contribution in [-0.4, -0.2) is 40.0 Å². The van der Waals surface area contributed by atoms with Crippen molar-refractivity contribution in [2.45, 2.75) is 13.5 Å². The van der Waals surface area contributed by atoms with Crippen LogP contribution in [0.25, 0.3) is 0 Å². The van der Waals surface area contributed by atoms with Gasteiger partial charge in [-0.2, -0.15) is 0 Å². The molecule has 0 radical (unpaired) electrons. The van der Waals surface area contributed by atoms with Gasteiger partial charge in [0.2, 0.25) is 0 Å². The second-order valence-corrected chi connectivity index (χ2v) is 8.27. The van der Waals surface area contributed by atoms with Gasteiger partial charge in [-0.25, -0.2) is 8.42 Å². The number of guanidine groups is 1. The van der Waals surface area contributed by atoms with E-state index >= 15 is 0 Å². The molecule has 0 saturated heterocycles. The lowest BCUT2D eigenvalue weighted by Crippen LogP contribution is -2.39. The summed E-state index contributed by atoms with van der Waals surface area (Å²) < 4.78 is 28.4. The van der Waals surface area contributed by atoms with Gasteiger partial charge < -0.3 is 15.4 Å². The molecule has 0 atom stereocenters. The lowest BCUT2D eigenvalue weighted by atomic mass is 10.1. The zero-order valence-electron chi connectivity index (χ0n) is 15.3. The number of nitrogens with zero attached hydrogens (tertiary/aromatic N) is 1. The largest absolute Gasteiger partial charge is 0.457 e. The van der Waals surface area contributed by atoms with Crippen molar-refractivity contribution in [3.63, 3.8) is 0 Å². The fourth-order valence-corrected chi connectivity index (χ4v) is 2.75. The van der Waals surface area contributed by atoms with Crippen molar-refractivity contribution in [1.82, 2.24) is 10.6 Å². The van der Waals surface area contributed by atoms with E-state index < -0.39 is 9.84 Å². The van der Waals surface area contributed by atoms with Crippen LogP contribution >= 0.6 is 0 Å². The number of sulfone groups is 1. The third kappa shape index (κ3) is 6.76. The molecule has 26 heavy (non-hydrogen) atoms. The Morgan fingerprint density at radius 1 is 1.12 bits per heavy atom. The summed E-state index contributed by atoms with van der Waals surface area (Å²) in [6.07, 6.45) is 1.21. The highest BCUT2D eigenvalue weighted by atomic mass is 32.2. The molecule has 2 rings (SSSR count). The highest BCUT2D eigenvalue weighted by molar-refractivity contribution is 7.90. The highest BCUT2D eigenvalue weighted by Gasteiger charge is 2.08.